The number of rotatable bonds is 8. The summed E-state index contributed by atoms with van der Waals surface area (Å²) in [5.41, 5.74) is 11.1. The number of nitriles is 1. The number of nitrogens with one attached hydrogen (secondary N) is 1. The van der Waals surface area contributed by atoms with Gasteiger partial charge in [-0.15, -0.1) is 0 Å². The van der Waals surface area contributed by atoms with E-state index in [9.17, 15) is 0 Å². The second-order valence-electron chi connectivity index (χ2n) is 8.06. The summed E-state index contributed by atoms with van der Waals surface area (Å²) in [5, 5.41) is 12.5. The molecule has 2 aromatic rings. The first kappa shape index (κ1) is 27.5. The van der Waals surface area contributed by atoms with Gasteiger partial charge < -0.3 is 11.1 Å². The van der Waals surface area contributed by atoms with E-state index in [0.29, 0.717) is 23.8 Å². The Balaban J connectivity index is 0.000000981. The lowest BCUT2D eigenvalue weighted by Crippen LogP contribution is -2.37. The Morgan fingerprint density at radius 2 is 1.73 bits per heavy atom. The molecule has 0 aliphatic heterocycles. The Kier molecular flexibility index (Phi) is 12.1. The van der Waals surface area contributed by atoms with Crippen molar-refractivity contribution in [2.45, 2.75) is 52.5 Å². The van der Waals surface area contributed by atoms with Gasteiger partial charge in [-0.1, -0.05) is 57.2 Å². The van der Waals surface area contributed by atoms with E-state index in [-0.39, 0.29) is 6.04 Å². The molecule has 2 aromatic carbocycles. The Morgan fingerprint density at radius 3 is 2.21 bits per heavy atom. The number of amides is 1. The Hall–Kier alpha value is -3.56. The van der Waals surface area contributed by atoms with Crippen molar-refractivity contribution in [1.29, 1.82) is 5.26 Å². The van der Waals surface area contributed by atoms with Crippen molar-refractivity contribution in [3.05, 3.63) is 77.0 Å². The average Bonchev–Trinajstić information content (AvgIpc) is 2.83. The molecule has 0 aliphatic carbocycles. The molecule has 0 fully saturated rings. The first-order valence-electron chi connectivity index (χ1n) is 10.9. The van der Waals surface area contributed by atoms with Crippen molar-refractivity contribution in [3.8, 4) is 6.07 Å². The highest BCUT2D eigenvalue weighted by Gasteiger charge is 2.20. The molecule has 0 aromatic heterocycles. The molecule has 0 saturated heterocycles. The van der Waals surface area contributed by atoms with Crippen LogP contribution in [0, 0.1) is 11.3 Å². The number of nitrogens with two attached hydrogens (primary N) is 1. The first-order chi connectivity index (χ1) is 15.8. The Morgan fingerprint density at radius 1 is 1.09 bits per heavy atom. The second-order valence-corrected chi connectivity index (χ2v) is 8.06. The van der Waals surface area contributed by atoms with Crippen LogP contribution >= 0.6 is 0 Å². The molecule has 2 rings (SSSR count). The highest BCUT2D eigenvalue weighted by atomic mass is 16.1. The number of carbonyl (C=O) groups is 1. The van der Waals surface area contributed by atoms with Gasteiger partial charge in [-0.2, -0.15) is 5.26 Å². The molecule has 2 unspecified atom stereocenters. The van der Waals surface area contributed by atoms with E-state index in [1.54, 1.807) is 0 Å². The van der Waals surface area contributed by atoms with Gasteiger partial charge in [0.2, 0.25) is 6.41 Å². The van der Waals surface area contributed by atoms with Crippen LogP contribution in [0.5, 0.6) is 0 Å². The maximum atomic E-state index is 9.13. The highest BCUT2D eigenvalue weighted by molar-refractivity contribution is 5.89. The lowest BCUT2D eigenvalue weighted by molar-refractivity contribution is -0.106. The normalized spacial score (nSPS) is 13.8. The van der Waals surface area contributed by atoms with Gasteiger partial charge in [-0.25, -0.2) is 4.99 Å². The predicted octanol–water partition coefficient (Wildman–Crippen LogP) is 5.02. The molecule has 3 N–H and O–H groups in total. The molecule has 0 radical (unpaired) electrons. The summed E-state index contributed by atoms with van der Waals surface area (Å²) in [6.07, 6.45) is 3.21. The lowest BCUT2D eigenvalue weighted by Gasteiger charge is -2.24. The summed E-state index contributed by atoms with van der Waals surface area (Å²) < 4.78 is 0. The van der Waals surface area contributed by atoms with Crippen LogP contribution in [-0.2, 0) is 4.79 Å². The second kappa shape index (κ2) is 14.5. The van der Waals surface area contributed by atoms with E-state index < -0.39 is 0 Å². The van der Waals surface area contributed by atoms with Crippen LogP contribution in [0.25, 0.3) is 5.57 Å². The summed E-state index contributed by atoms with van der Waals surface area (Å²) in [4.78, 5) is 16.8. The van der Waals surface area contributed by atoms with E-state index in [2.05, 4.69) is 74.1 Å². The van der Waals surface area contributed by atoms with Crippen LogP contribution in [0.2, 0.25) is 0 Å². The molecule has 0 heterocycles. The van der Waals surface area contributed by atoms with Crippen LogP contribution < -0.4 is 11.1 Å². The third-order valence-electron chi connectivity index (χ3n) is 5.45. The molecule has 33 heavy (non-hydrogen) atoms. The monoisotopic (exact) mass is 445 g/mol. The minimum Gasteiger partial charge on any atom is -0.390 e. The Labute approximate surface area is 198 Å². The fourth-order valence-corrected chi connectivity index (χ4v) is 3.42. The molecule has 2 atom stereocenters. The van der Waals surface area contributed by atoms with Crippen molar-refractivity contribution in [2.75, 3.05) is 7.05 Å². The van der Waals surface area contributed by atoms with Crippen LogP contribution in [0.4, 0.5) is 0 Å². The fraction of sp³-hybridized carbons (Fsp3) is 0.333. The van der Waals surface area contributed by atoms with Gasteiger partial charge in [0, 0.05) is 17.8 Å². The van der Waals surface area contributed by atoms with Gasteiger partial charge in [0.05, 0.1) is 24.0 Å². The van der Waals surface area contributed by atoms with Gasteiger partial charge in [0.1, 0.15) is 0 Å². The molecule has 0 bridgehead atoms. The summed E-state index contributed by atoms with van der Waals surface area (Å²) >= 11 is 0. The van der Waals surface area contributed by atoms with Gasteiger partial charge in [-0.05, 0) is 61.2 Å². The van der Waals surface area contributed by atoms with E-state index in [4.69, 9.17) is 15.0 Å². The van der Waals surface area contributed by atoms with Gasteiger partial charge in [0.15, 0.2) is 0 Å². The van der Waals surface area contributed by atoms with Crippen LogP contribution in [0.15, 0.2) is 64.7 Å². The zero-order valence-electron chi connectivity index (χ0n) is 20.4. The molecule has 0 aliphatic rings. The van der Waals surface area contributed by atoms with Crippen LogP contribution in [0.1, 0.15) is 68.7 Å². The number of hydrogen-bond donors (Lipinski definition) is 2. The van der Waals surface area contributed by atoms with Crippen molar-refractivity contribution >= 4 is 24.0 Å². The van der Waals surface area contributed by atoms with Crippen LogP contribution in [-0.4, -0.2) is 31.5 Å². The number of allylic oxidation sites excluding steroid dienone is 1. The summed E-state index contributed by atoms with van der Waals surface area (Å²) in [6, 6.07) is 18.9. The Bertz CT molecular complexity index is 1010. The topological polar surface area (TPSA) is 104 Å². The molecule has 0 saturated carbocycles. The van der Waals surface area contributed by atoms with E-state index >= 15 is 0 Å². The number of nitrogens with zero attached hydrogens (tertiary/aromatic N) is 3. The van der Waals surface area contributed by atoms with Crippen molar-refractivity contribution in [3.63, 3.8) is 0 Å². The smallest absolute Gasteiger partial charge is 0.234 e. The number of carbonyl (C=O) groups excluding carboxylic acids is 1. The molecular formula is C27H35N5O. The quantitative estimate of drug-likeness (QED) is 0.338. The zero-order valence-corrected chi connectivity index (χ0v) is 20.4. The van der Waals surface area contributed by atoms with Gasteiger partial charge in [0.25, 0.3) is 0 Å². The minimum atomic E-state index is 0.152. The largest absolute Gasteiger partial charge is 0.390 e. The number of hydrogen-bond acceptors (Lipinski definition) is 4. The predicted molar refractivity (Wildman–Crippen MR) is 138 cm³/mol. The fourth-order valence-electron chi connectivity index (χ4n) is 3.42. The third kappa shape index (κ3) is 8.83. The minimum absolute atomic E-state index is 0.152. The van der Waals surface area contributed by atoms with E-state index in [1.165, 1.54) is 11.1 Å². The SMILES string of the molecule is CNC(C(C)=N/C=C(\C)c1cccc(C#N)c1)C(C)c1ccc(C(C)C)cc1.NC=NC=O. The highest BCUT2D eigenvalue weighted by Crippen LogP contribution is 2.23. The van der Waals surface area contributed by atoms with Crippen molar-refractivity contribution in [1.82, 2.24) is 5.32 Å². The standard InChI is InChI=1S/C25H31N3.C2H4N2O/c1-17(2)22-10-12-23(13-11-22)19(4)25(27-6)20(5)28-16-18(3)24-9-7-8-21(14-24)15-26;3-1-4-2-5/h7-14,16-17,19,25,27H,1-6H3;1-2H,(H2,3,4,5)/b18-16+,28-20?;. The van der Waals surface area contributed by atoms with Crippen molar-refractivity contribution in [2.24, 2.45) is 15.7 Å². The van der Waals surface area contributed by atoms with Crippen LogP contribution in [0.3, 0.4) is 0 Å². The molecule has 6 nitrogen and oxygen atoms in total. The number of aliphatic imine (C=N–C) groups is 2. The molecule has 0 spiro atoms. The zero-order chi connectivity index (χ0) is 24.8. The maximum Gasteiger partial charge on any atom is 0.234 e. The first-order valence-corrected chi connectivity index (χ1v) is 10.9. The summed E-state index contributed by atoms with van der Waals surface area (Å²) in [7, 11) is 1.98. The van der Waals surface area contributed by atoms with E-state index in [0.717, 1.165) is 23.2 Å². The van der Waals surface area contributed by atoms with Gasteiger partial charge >= 0.3 is 0 Å². The summed E-state index contributed by atoms with van der Waals surface area (Å²) in [5.74, 6) is 0.853. The lowest BCUT2D eigenvalue weighted by atomic mass is 9.89. The number of benzene rings is 2. The molecule has 1 amide bonds. The maximum absolute atomic E-state index is 9.13. The molecule has 6 heteroatoms. The number of likely N-dealkylation sites (N-methyl/N-ethyl adjacent to an activating group) is 1. The van der Waals surface area contributed by atoms with Crippen molar-refractivity contribution < 1.29 is 4.79 Å². The average molecular weight is 446 g/mol. The summed E-state index contributed by atoms with van der Waals surface area (Å²) in [6.45, 7) is 10.8. The van der Waals surface area contributed by atoms with Gasteiger partial charge in [-0.3, -0.25) is 9.79 Å². The third-order valence-corrected chi connectivity index (χ3v) is 5.45. The molecule has 174 valence electrons. The molecular weight excluding hydrogens is 410 g/mol. The van der Waals surface area contributed by atoms with E-state index in [1.807, 2.05) is 44.4 Å².